The molecule has 0 aromatic carbocycles. The molecule has 4 aliphatic rings. The predicted octanol–water partition coefficient (Wildman–Crippen LogP) is 5.27. The van der Waals surface area contributed by atoms with Gasteiger partial charge in [0.05, 0.1) is 29.9 Å². The lowest BCUT2D eigenvalue weighted by atomic mass is 9.63. The van der Waals surface area contributed by atoms with E-state index in [9.17, 15) is 5.26 Å². The standard InChI is InChI=1S/C31H36N6O3S/c1-18(23-7-5-13-37(23)2)39-25-16-22(19-9-14-38-15-10-19)34-30(35-25)27-20-6-3-11-31(28(20)40-36-27)12-4-8-24-26(31)21(17-32)29(33)41-24/h9,16,18,23H,3-8,10-15,33H2,1-2H3/t18-,23-,31-/m0/s1. The zero-order valence-corrected chi connectivity index (χ0v) is 24.6. The first kappa shape index (κ1) is 26.6. The Bertz CT molecular complexity index is 1550. The molecule has 9 nitrogen and oxygen atoms in total. The fraction of sp³-hybridized carbons (Fsp3) is 0.548. The molecule has 1 fully saturated rings. The number of nitrogens with two attached hydrogens (primary N) is 1. The molecule has 5 heterocycles. The van der Waals surface area contributed by atoms with Crippen LogP contribution in [0.25, 0.3) is 17.1 Å². The molecule has 3 atom stereocenters. The van der Waals surface area contributed by atoms with Crippen LogP contribution in [0.5, 0.6) is 5.88 Å². The van der Waals surface area contributed by atoms with Crippen molar-refractivity contribution in [3.63, 3.8) is 0 Å². The van der Waals surface area contributed by atoms with Crippen molar-refractivity contribution in [2.24, 2.45) is 0 Å². The van der Waals surface area contributed by atoms with Crippen LogP contribution in [-0.4, -0.2) is 59.0 Å². The molecule has 2 N–H and O–H groups in total. The number of likely N-dealkylation sites (tertiary alicyclic amines) is 1. The third-order valence-electron chi connectivity index (χ3n) is 9.49. The molecule has 10 heteroatoms. The Morgan fingerprint density at radius 2 is 2.07 bits per heavy atom. The third kappa shape index (κ3) is 4.46. The summed E-state index contributed by atoms with van der Waals surface area (Å²) in [5.41, 5.74) is 11.3. The molecule has 41 heavy (non-hydrogen) atoms. The van der Waals surface area contributed by atoms with Crippen LogP contribution >= 0.6 is 11.3 Å². The second-order valence-corrected chi connectivity index (χ2v) is 13.0. The van der Waals surface area contributed by atoms with Crippen molar-refractivity contribution in [2.75, 3.05) is 32.5 Å². The van der Waals surface area contributed by atoms with Crippen molar-refractivity contribution in [3.8, 4) is 23.5 Å². The third-order valence-corrected chi connectivity index (χ3v) is 10.6. The van der Waals surface area contributed by atoms with Gasteiger partial charge in [-0.3, -0.25) is 4.90 Å². The number of likely N-dealkylation sites (N-methyl/N-ethyl adjacent to an activating group) is 1. The van der Waals surface area contributed by atoms with Crippen LogP contribution < -0.4 is 10.5 Å². The van der Waals surface area contributed by atoms with Gasteiger partial charge >= 0.3 is 0 Å². The molecule has 3 aromatic heterocycles. The second-order valence-electron chi connectivity index (χ2n) is 11.9. The van der Waals surface area contributed by atoms with Gasteiger partial charge in [0.25, 0.3) is 0 Å². The summed E-state index contributed by atoms with van der Waals surface area (Å²) < 4.78 is 18.3. The van der Waals surface area contributed by atoms with Crippen LogP contribution in [0, 0.1) is 11.3 Å². The molecule has 1 saturated heterocycles. The van der Waals surface area contributed by atoms with E-state index in [-0.39, 0.29) is 11.5 Å². The summed E-state index contributed by atoms with van der Waals surface area (Å²) in [6, 6.07) is 4.71. The van der Waals surface area contributed by atoms with Gasteiger partial charge in [-0.15, -0.1) is 11.3 Å². The summed E-state index contributed by atoms with van der Waals surface area (Å²) in [7, 11) is 2.16. The maximum Gasteiger partial charge on any atom is 0.217 e. The number of nitrogen functional groups attached to an aromatic ring is 1. The van der Waals surface area contributed by atoms with Gasteiger partial charge in [-0.25, -0.2) is 4.98 Å². The molecule has 7 rings (SSSR count). The fourth-order valence-electron chi connectivity index (χ4n) is 7.53. The molecule has 214 valence electrons. The van der Waals surface area contributed by atoms with Crippen molar-refractivity contribution in [2.45, 2.75) is 82.3 Å². The van der Waals surface area contributed by atoms with Gasteiger partial charge < -0.3 is 19.7 Å². The molecule has 0 amide bonds. The van der Waals surface area contributed by atoms with E-state index < -0.39 is 0 Å². The predicted molar refractivity (Wildman–Crippen MR) is 157 cm³/mol. The average Bonchev–Trinajstić information content (AvgIpc) is 3.70. The van der Waals surface area contributed by atoms with Gasteiger partial charge in [-0.2, -0.15) is 10.2 Å². The van der Waals surface area contributed by atoms with Gasteiger partial charge in [-0.1, -0.05) is 11.2 Å². The summed E-state index contributed by atoms with van der Waals surface area (Å²) >= 11 is 1.55. The van der Waals surface area contributed by atoms with Gasteiger partial charge in [0, 0.05) is 22.5 Å². The van der Waals surface area contributed by atoms with E-state index in [2.05, 4.69) is 36.2 Å². The van der Waals surface area contributed by atoms with Gasteiger partial charge in [0.15, 0.2) is 17.3 Å². The topological polar surface area (TPSA) is 123 Å². The molecule has 0 saturated carbocycles. The van der Waals surface area contributed by atoms with E-state index in [1.165, 1.54) is 11.3 Å². The van der Waals surface area contributed by atoms with Crippen molar-refractivity contribution < 1.29 is 14.0 Å². The number of nitrogens with zero attached hydrogens (tertiary/aromatic N) is 5. The minimum absolute atomic E-state index is 0.00891. The van der Waals surface area contributed by atoms with Crippen molar-refractivity contribution >= 4 is 21.9 Å². The van der Waals surface area contributed by atoms with E-state index in [1.807, 2.05) is 6.07 Å². The number of ether oxygens (including phenoxy) is 2. The van der Waals surface area contributed by atoms with Crippen LogP contribution in [0.4, 0.5) is 5.00 Å². The van der Waals surface area contributed by atoms with Gasteiger partial charge in [0.1, 0.15) is 17.2 Å². The number of thiophene rings is 1. The fourth-order valence-corrected chi connectivity index (χ4v) is 8.69. The molecule has 2 aliphatic heterocycles. The van der Waals surface area contributed by atoms with E-state index in [0.717, 1.165) is 86.1 Å². The summed E-state index contributed by atoms with van der Waals surface area (Å²) in [4.78, 5) is 13.5. The minimum atomic E-state index is -0.382. The van der Waals surface area contributed by atoms with Crippen molar-refractivity contribution in [1.29, 1.82) is 5.26 Å². The zero-order valence-electron chi connectivity index (χ0n) is 23.7. The number of hydrogen-bond donors (Lipinski definition) is 1. The Kier molecular flexibility index (Phi) is 6.84. The number of aromatic nitrogens is 3. The van der Waals surface area contributed by atoms with E-state index in [1.54, 1.807) is 11.3 Å². The van der Waals surface area contributed by atoms with E-state index >= 15 is 0 Å². The van der Waals surface area contributed by atoms with E-state index in [0.29, 0.717) is 47.2 Å². The quantitative estimate of drug-likeness (QED) is 0.435. The van der Waals surface area contributed by atoms with Crippen LogP contribution in [-0.2, 0) is 23.0 Å². The van der Waals surface area contributed by atoms with Crippen LogP contribution in [0.3, 0.4) is 0 Å². The average molecular weight is 573 g/mol. The number of rotatable bonds is 5. The van der Waals surface area contributed by atoms with Crippen LogP contribution in [0.1, 0.15) is 84.9 Å². The van der Waals surface area contributed by atoms with Gasteiger partial charge in [-0.05, 0) is 89.4 Å². The maximum atomic E-state index is 10.0. The molecule has 0 bridgehead atoms. The maximum absolute atomic E-state index is 10.0. The zero-order chi connectivity index (χ0) is 28.1. The Balaban J connectivity index is 1.32. The summed E-state index contributed by atoms with van der Waals surface area (Å²) in [6.45, 7) is 4.45. The monoisotopic (exact) mass is 572 g/mol. The van der Waals surface area contributed by atoms with E-state index in [4.69, 9.17) is 29.7 Å². The number of nitriles is 1. The summed E-state index contributed by atoms with van der Waals surface area (Å²) in [5.74, 6) is 1.95. The molecule has 3 aromatic rings. The number of hydrogen-bond acceptors (Lipinski definition) is 10. The lowest BCUT2D eigenvalue weighted by Gasteiger charge is -2.39. The summed E-state index contributed by atoms with van der Waals surface area (Å²) in [6.07, 6.45) is 10.8. The second kappa shape index (κ2) is 10.5. The number of fused-ring (bicyclic) bond motifs is 4. The molecular weight excluding hydrogens is 536 g/mol. The molecule has 1 spiro atoms. The Hall–Kier alpha value is -3.26. The normalized spacial score (nSPS) is 24.9. The Morgan fingerprint density at radius 3 is 2.83 bits per heavy atom. The van der Waals surface area contributed by atoms with Gasteiger partial charge in [0.2, 0.25) is 5.88 Å². The first-order valence-electron chi connectivity index (χ1n) is 14.8. The lowest BCUT2D eigenvalue weighted by Crippen LogP contribution is -2.38. The highest BCUT2D eigenvalue weighted by molar-refractivity contribution is 7.16. The molecule has 0 radical (unpaired) electrons. The molecule has 0 unspecified atom stereocenters. The van der Waals surface area contributed by atoms with Crippen molar-refractivity contribution in [1.82, 2.24) is 20.0 Å². The minimum Gasteiger partial charge on any atom is -0.473 e. The first-order valence-corrected chi connectivity index (χ1v) is 15.6. The lowest BCUT2D eigenvalue weighted by molar-refractivity contribution is 0.117. The van der Waals surface area contributed by atoms with Crippen LogP contribution in [0.2, 0.25) is 0 Å². The summed E-state index contributed by atoms with van der Waals surface area (Å²) in [5, 5.41) is 15.3. The largest absolute Gasteiger partial charge is 0.473 e. The highest BCUT2D eigenvalue weighted by Gasteiger charge is 2.48. The Morgan fingerprint density at radius 1 is 1.22 bits per heavy atom. The number of anilines is 1. The van der Waals surface area contributed by atoms with Crippen molar-refractivity contribution in [3.05, 3.63) is 45.2 Å². The SMILES string of the molecule is C[C@H](Oc1cc(C2=CCOCC2)nc(-c2noc3c2CCC[C@@]32CCCc3sc(N)c(C#N)c32)n1)[C@@H]1CCCN1C. The number of aryl methyl sites for hydroxylation is 1. The highest BCUT2D eigenvalue weighted by atomic mass is 32.1. The smallest absolute Gasteiger partial charge is 0.217 e. The molecular formula is C31H36N6O3S. The highest BCUT2D eigenvalue weighted by Crippen LogP contribution is 2.55. The first-order chi connectivity index (χ1) is 20.0. The Labute approximate surface area is 244 Å². The van der Waals surface area contributed by atoms with Crippen LogP contribution in [0.15, 0.2) is 16.7 Å². The molecule has 2 aliphatic carbocycles.